The Morgan fingerprint density at radius 2 is 1.84 bits per heavy atom. The largest absolute Gasteiger partial charge is 0.340 e. The highest BCUT2D eigenvalue weighted by Crippen LogP contribution is 2.47. The molecule has 5 heteroatoms. The third-order valence-corrected chi connectivity index (χ3v) is 5.04. The first-order valence-electron chi connectivity index (χ1n) is 7.48. The third-order valence-electron chi connectivity index (χ3n) is 5.04. The summed E-state index contributed by atoms with van der Waals surface area (Å²) in [7, 11) is 0. The summed E-state index contributed by atoms with van der Waals surface area (Å²) in [4.78, 5) is 16.6. The van der Waals surface area contributed by atoms with Gasteiger partial charge in [-0.1, -0.05) is 6.42 Å². The van der Waals surface area contributed by atoms with Crippen LogP contribution in [0.5, 0.6) is 0 Å². The molecule has 0 atom stereocenters. The predicted octanol–water partition coefficient (Wildman–Crippen LogP) is 1.11. The van der Waals surface area contributed by atoms with Crippen molar-refractivity contribution < 1.29 is 4.79 Å². The molecular weight excluding hydrogens is 262 g/mol. The second-order valence-electron chi connectivity index (χ2n) is 6.26. The van der Waals surface area contributed by atoms with Crippen LogP contribution in [0.15, 0.2) is 0 Å². The Labute approximate surface area is 122 Å². The second-order valence-corrected chi connectivity index (χ2v) is 6.26. The zero-order valence-corrected chi connectivity index (χ0v) is 12.5. The fourth-order valence-electron chi connectivity index (χ4n) is 3.63. The van der Waals surface area contributed by atoms with Crippen LogP contribution in [-0.2, 0) is 4.79 Å². The lowest BCUT2D eigenvalue weighted by atomic mass is 9.68. The van der Waals surface area contributed by atoms with Crippen molar-refractivity contribution in [3.63, 3.8) is 0 Å². The molecular formula is C14H26ClN3O. The Hall–Kier alpha value is -0.320. The monoisotopic (exact) mass is 287 g/mol. The molecule has 2 aliphatic heterocycles. The number of likely N-dealkylation sites (tertiary alicyclic amines) is 1. The maximum Gasteiger partial charge on any atom is 0.223 e. The second kappa shape index (κ2) is 6.42. The van der Waals surface area contributed by atoms with Crippen molar-refractivity contribution in [2.24, 2.45) is 5.41 Å². The van der Waals surface area contributed by atoms with Gasteiger partial charge in [0.05, 0.1) is 0 Å². The van der Waals surface area contributed by atoms with E-state index in [1.54, 1.807) is 0 Å². The van der Waals surface area contributed by atoms with E-state index < -0.39 is 0 Å². The van der Waals surface area contributed by atoms with Gasteiger partial charge in [-0.25, -0.2) is 0 Å². The van der Waals surface area contributed by atoms with Crippen LogP contribution in [0.2, 0.25) is 0 Å². The summed E-state index contributed by atoms with van der Waals surface area (Å²) in [5, 5.41) is 3.29. The summed E-state index contributed by atoms with van der Waals surface area (Å²) in [5.41, 5.74) is 0.665. The fraction of sp³-hybridized carbons (Fsp3) is 0.929. The van der Waals surface area contributed by atoms with Crippen LogP contribution >= 0.6 is 12.4 Å². The van der Waals surface area contributed by atoms with E-state index in [2.05, 4.69) is 10.2 Å². The van der Waals surface area contributed by atoms with Crippen LogP contribution in [0.4, 0.5) is 0 Å². The molecule has 0 radical (unpaired) electrons. The molecule has 3 aliphatic rings. The standard InChI is InChI=1S/C14H25N3O.ClH/c18-13(17-10-6-15-7-11-17)2-8-16-9-5-14(12-16)3-1-4-14;/h15H,1-12H2;1H. The van der Waals surface area contributed by atoms with Gasteiger partial charge in [0, 0.05) is 45.7 Å². The number of hydrogen-bond acceptors (Lipinski definition) is 3. The minimum absolute atomic E-state index is 0. The number of nitrogens with zero attached hydrogens (tertiary/aromatic N) is 2. The molecule has 110 valence electrons. The zero-order chi connectivity index (χ0) is 12.4. The topological polar surface area (TPSA) is 35.6 Å². The lowest BCUT2D eigenvalue weighted by Crippen LogP contribution is -2.47. The molecule has 1 amide bonds. The Morgan fingerprint density at radius 1 is 1.11 bits per heavy atom. The highest BCUT2D eigenvalue weighted by Gasteiger charge is 2.42. The van der Waals surface area contributed by atoms with Crippen LogP contribution in [0, 0.1) is 5.41 Å². The number of carbonyl (C=O) groups excluding carboxylic acids is 1. The lowest BCUT2D eigenvalue weighted by Gasteiger charge is -2.38. The van der Waals surface area contributed by atoms with Crippen molar-refractivity contribution in [1.82, 2.24) is 15.1 Å². The number of rotatable bonds is 3. The van der Waals surface area contributed by atoms with E-state index in [0.717, 1.165) is 39.1 Å². The first kappa shape index (κ1) is 15.1. The normalized spacial score (nSPS) is 26.0. The Bertz CT molecular complexity index is 314. The molecule has 1 N–H and O–H groups in total. The van der Waals surface area contributed by atoms with Gasteiger partial charge in [0.15, 0.2) is 0 Å². The number of nitrogens with one attached hydrogen (secondary N) is 1. The van der Waals surface area contributed by atoms with Gasteiger partial charge in [0.25, 0.3) is 0 Å². The molecule has 0 aromatic carbocycles. The van der Waals surface area contributed by atoms with Crippen molar-refractivity contribution >= 4 is 18.3 Å². The first-order valence-corrected chi connectivity index (χ1v) is 7.48. The SMILES string of the molecule is Cl.O=C(CCN1CCC2(CCC2)C1)N1CCNCC1. The summed E-state index contributed by atoms with van der Waals surface area (Å²) in [6.07, 6.45) is 6.36. The Morgan fingerprint density at radius 3 is 2.42 bits per heavy atom. The summed E-state index contributed by atoms with van der Waals surface area (Å²) in [6, 6.07) is 0. The predicted molar refractivity (Wildman–Crippen MR) is 78.7 cm³/mol. The van der Waals surface area contributed by atoms with Crippen molar-refractivity contribution in [2.45, 2.75) is 32.1 Å². The Balaban J connectivity index is 0.00000133. The highest BCUT2D eigenvalue weighted by molar-refractivity contribution is 5.85. The molecule has 1 aliphatic carbocycles. The average Bonchev–Trinajstić information content (AvgIpc) is 2.81. The van der Waals surface area contributed by atoms with Crippen molar-refractivity contribution in [3.05, 3.63) is 0 Å². The molecule has 0 unspecified atom stereocenters. The smallest absolute Gasteiger partial charge is 0.223 e. The number of amides is 1. The maximum absolute atomic E-state index is 12.1. The van der Waals surface area contributed by atoms with Crippen molar-refractivity contribution in [2.75, 3.05) is 45.8 Å². The van der Waals surface area contributed by atoms with E-state index in [4.69, 9.17) is 0 Å². The molecule has 19 heavy (non-hydrogen) atoms. The van der Waals surface area contributed by atoms with E-state index in [1.807, 2.05) is 4.90 Å². The molecule has 0 aromatic heterocycles. The molecule has 1 spiro atoms. The maximum atomic E-state index is 12.1. The number of halogens is 1. The zero-order valence-electron chi connectivity index (χ0n) is 11.7. The summed E-state index contributed by atoms with van der Waals surface area (Å²) < 4.78 is 0. The van der Waals surface area contributed by atoms with Crippen LogP contribution in [0.25, 0.3) is 0 Å². The van der Waals surface area contributed by atoms with E-state index in [1.165, 1.54) is 38.8 Å². The van der Waals surface area contributed by atoms with Crippen molar-refractivity contribution in [1.29, 1.82) is 0 Å². The van der Waals surface area contributed by atoms with Gasteiger partial charge >= 0.3 is 0 Å². The van der Waals surface area contributed by atoms with Gasteiger partial charge in [0.1, 0.15) is 0 Å². The van der Waals surface area contributed by atoms with Crippen LogP contribution in [0.3, 0.4) is 0 Å². The lowest BCUT2D eigenvalue weighted by molar-refractivity contribution is -0.132. The number of carbonyl (C=O) groups is 1. The number of hydrogen-bond donors (Lipinski definition) is 1. The molecule has 2 heterocycles. The average molecular weight is 288 g/mol. The van der Waals surface area contributed by atoms with Crippen LogP contribution in [0.1, 0.15) is 32.1 Å². The van der Waals surface area contributed by atoms with E-state index in [-0.39, 0.29) is 12.4 Å². The van der Waals surface area contributed by atoms with Gasteiger partial charge in [0.2, 0.25) is 5.91 Å². The number of piperazine rings is 1. The summed E-state index contributed by atoms with van der Waals surface area (Å²) in [5.74, 6) is 0.353. The molecule has 1 saturated carbocycles. The van der Waals surface area contributed by atoms with Gasteiger partial charge in [-0.3, -0.25) is 4.79 Å². The molecule has 3 fully saturated rings. The first-order chi connectivity index (χ1) is 8.77. The van der Waals surface area contributed by atoms with Crippen molar-refractivity contribution in [3.8, 4) is 0 Å². The highest BCUT2D eigenvalue weighted by atomic mass is 35.5. The van der Waals surface area contributed by atoms with E-state index in [9.17, 15) is 4.79 Å². The molecule has 0 aromatic rings. The summed E-state index contributed by atoms with van der Waals surface area (Å²) >= 11 is 0. The molecule has 2 saturated heterocycles. The van der Waals surface area contributed by atoms with E-state index >= 15 is 0 Å². The molecule has 4 nitrogen and oxygen atoms in total. The Kier molecular flexibility index (Phi) is 5.09. The van der Waals surface area contributed by atoms with Gasteiger partial charge < -0.3 is 15.1 Å². The molecule has 0 bridgehead atoms. The minimum atomic E-state index is 0. The van der Waals surface area contributed by atoms with Gasteiger partial charge in [-0.15, -0.1) is 12.4 Å². The van der Waals surface area contributed by atoms with Gasteiger partial charge in [-0.2, -0.15) is 0 Å². The van der Waals surface area contributed by atoms with Crippen LogP contribution < -0.4 is 5.32 Å². The summed E-state index contributed by atoms with van der Waals surface area (Å²) in [6.45, 7) is 7.14. The third kappa shape index (κ3) is 3.41. The molecule has 3 rings (SSSR count). The van der Waals surface area contributed by atoms with E-state index in [0.29, 0.717) is 11.3 Å². The van der Waals surface area contributed by atoms with Crippen LogP contribution in [-0.4, -0.2) is 61.5 Å². The van der Waals surface area contributed by atoms with Gasteiger partial charge in [-0.05, 0) is 31.2 Å². The minimum Gasteiger partial charge on any atom is -0.340 e. The fourth-order valence-corrected chi connectivity index (χ4v) is 3.63. The quantitative estimate of drug-likeness (QED) is 0.845.